The van der Waals surface area contributed by atoms with Crippen LogP contribution in [-0.2, 0) is 0 Å². The summed E-state index contributed by atoms with van der Waals surface area (Å²) in [5, 5.41) is 1.09. The molecule has 0 fully saturated rings. The van der Waals surface area contributed by atoms with E-state index in [-0.39, 0.29) is 0 Å². The van der Waals surface area contributed by atoms with E-state index in [9.17, 15) is 0 Å². The van der Waals surface area contributed by atoms with Gasteiger partial charge in [-0.3, -0.25) is 0 Å². The molecule has 0 spiro atoms. The molecular weight excluding hydrogens is 270 g/mol. The van der Waals surface area contributed by atoms with Crippen molar-refractivity contribution in [1.82, 2.24) is 4.37 Å². The Balaban J connectivity index is 2.20. The third-order valence-electron chi connectivity index (χ3n) is 3.30. The van der Waals surface area contributed by atoms with Crippen LogP contribution in [0.3, 0.4) is 0 Å². The normalized spacial score (nSPS) is 10.8. The fourth-order valence-corrected chi connectivity index (χ4v) is 2.99. The molecule has 3 aromatic rings. The summed E-state index contributed by atoms with van der Waals surface area (Å²) in [5.41, 5.74) is 3.35. The number of aromatic nitrogens is 1. The number of hydrogen-bond donors (Lipinski definition) is 0. The molecule has 3 nitrogen and oxygen atoms in total. The van der Waals surface area contributed by atoms with Crippen LogP contribution < -0.4 is 9.47 Å². The molecule has 0 unspecified atom stereocenters. The topological polar surface area (TPSA) is 31.4 Å². The zero-order valence-electron chi connectivity index (χ0n) is 11.6. The van der Waals surface area contributed by atoms with Crippen LogP contribution in [-0.4, -0.2) is 18.6 Å². The second-order valence-corrected chi connectivity index (χ2v) is 5.41. The van der Waals surface area contributed by atoms with Crippen LogP contribution >= 0.6 is 11.5 Å². The number of aryl methyl sites for hydroxylation is 1. The second-order valence-electron chi connectivity index (χ2n) is 4.60. The lowest BCUT2D eigenvalue weighted by atomic mass is 10.1. The van der Waals surface area contributed by atoms with Crippen molar-refractivity contribution in [2.45, 2.75) is 6.92 Å². The number of rotatable bonds is 3. The fourth-order valence-electron chi connectivity index (χ4n) is 2.18. The van der Waals surface area contributed by atoms with Gasteiger partial charge in [0.1, 0.15) is 0 Å². The molecule has 0 N–H and O–H groups in total. The highest BCUT2D eigenvalue weighted by Gasteiger charge is 2.13. The molecule has 3 rings (SSSR count). The first-order valence-electron chi connectivity index (χ1n) is 6.31. The van der Waals surface area contributed by atoms with Gasteiger partial charge in [-0.15, -0.1) is 0 Å². The van der Waals surface area contributed by atoms with E-state index in [1.54, 1.807) is 14.2 Å². The molecule has 0 aliphatic carbocycles. The molecule has 2 aromatic carbocycles. The average molecular weight is 285 g/mol. The number of methoxy groups -OCH3 is 2. The van der Waals surface area contributed by atoms with Gasteiger partial charge in [-0.05, 0) is 24.5 Å². The predicted molar refractivity (Wildman–Crippen MR) is 82.9 cm³/mol. The van der Waals surface area contributed by atoms with Crippen molar-refractivity contribution in [2.24, 2.45) is 0 Å². The van der Waals surface area contributed by atoms with Gasteiger partial charge in [-0.25, -0.2) is 0 Å². The SMILES string of the molecule is COc1cc2snc(-c3ccc(C)cc3)c2cc1OC. The first kappa shape index (κ1) is 12.9. The van der Waals surface area contributed by atoms with Crippen LogP contribution in [0.2, 0.25) is 0 Å². The highest BCUT2D eigenvalue weighted by Crippen LogP contribution is 2.38. The van der Waals surface area contributed by atoms with Gasteiger partial charge in [-0.2, -0.15) is 4.37 Å². The Morgan fingerprint density at radius 2 is 1.60 bits per heavy atom. The molecule has 0 atom stereocenters. The third-order valence-corrected chi connectivity index (χ3v) is 4.11. The van der Waals surface area contributed by atoms with Crippen LogP contribution in [0, 0.1) is 6.92 Å². The van der Waals surface area contributed by atoms with E-state index < -0.39 is 0 Å². The standard InChI is InChI=1S/C16H15NO2S/c1-10-4-6-11(7-5-10)16-12-8-13(18-2)14(19-3)9-15(12)20-17-16/h4-9H,1-3H3. The number of hydrogen-bond acceptors (Lipinski definition) is 4. The number of fused-ring (bicyclic) bond motifs is 1. The van der Waals surface area contributed by atoms with Crippen LogP contribution in [0.15, 0.2) is 36.4 Å². The smallest absolute Gasteiger partial charge is 0.162 e. The predicted octanol–water partition coefficient (Wildman–Crippen LogP) is 4.29. The summed E-state index contributed by atoms with van der Waals surface area (Å²) >= 11 is 1.48. The van der Waals surface area contributed by atoms with Crippen molar-refractivity contribution in [1.29, 1.82) is 0 Å². The number of benzene rings is 2. The summed E-state index contributed by atoms with van der Waals surface area (Å²) in [6.07, 6.45) is 0. The van der Waals surface area contributed by atoms with Crippen molar-refractivity contribution < 1.29 is 9.47 Å². The highest BCUT2D eigenvalue weighted by molar-refractivity contribution is 7.13. The first-order valence-corrected chi connectivity index (χ1v) is 7.08. The van der Waals surface area contributed by atoms with E-state index >= 15 is 0 Å². The van der Waals surface area contributed by atoms with Crippen molar-refractivity contribution in [3.8, 4) is 22.8 Å². The molecule has 20 heavy (non-hydrogen) atoms. The van der Waals surface area contributed by atoms with Crippen LogP contribution in [0.4, 0.5) is 0 Å². The minimum atomic E-state index is 0.730. The summed E-state index contributed by atoms with van der Waals surface area (Å²) in [6.45, 7) is 2.08. The van der Waals surface area contributed by atoms with Gasteiger partial charge in [-0.1, -0.05) is 29.8 Å². The summed E-state index contributed by atoms with van der Waals surface area (Å²) in [5.74, 6) is 1.47. The Labute approximate surface area is 121 Å². The lowest BCUT2D eigenvalue weighted by Crippen LogP contribution is -1.89. The molecule has 4 heteroatoms. The summed E-state index contributed by atoms with van der Waals surface area (Å²) in [7, 11) is 3.29. The maximum absolute atomic E-state index is 5.38. The van der Waals surface area contributed by atoms with Gasteiger partial charge in [0.25, 0.3) is 0 Å². The molecular formula is C16H15NO2S. The summed E-state index contributed by atoms with van der Waals surface area (Å²) < 4.78 is 16.4. The van der Waals surface area contributed by atoms with Gasteiger partial charge < -0.3 is 9.47 Å². The third kappa shape index (κ3) is 2.12. The van der Waals surface area contributed by atoms with Crippen LogP contribution in [0.25, 0.3) is 21.3 Å². The van der Waals surface area contributed by atoms with E-state index in [0.717, 1.165) is 32.8 Å². The minimum absolute atomic E-state index is 0.730. The van der Waals surface area contributed by atoms with Gasteiger partial charge in [0, 0.05) is 17.0 Å². The monoisotopic (exact) mass is 285 g/mol. The van der Waals surface area contributed by atoms with Gasteiger partial charge >= 0.3 is 0 Å². The molecule has 1 heterocycles. The van der Waals surface area contributed by atoms with E-state index in [2.05, 4.69) is 35.6 Å². The largest absolute Gasteiger partial charge is 0.493 e. The first-order chi connectivity index (χ1) is 9.72. The summed E-state index contributed by atoms with van der Waals surface area (Å²) in [4.78, 5) is 0. The highest BCUT2D eigenvalue weighted by atomic mass is 32.1. The average Bonchev–Trinajstić information content (AvgIpc) is 2.89. The van der Waals surface area contributed by atoms with E-state index in [1.165, 1.54) is 17.1 Å². The molecule has 0 bridgehead atoms. The second kappa shape index (κ2) is 5.13. The fraction of sp³-hybridized carbons (Fsp3) is 0.188. The number of nitrogens with zero attached hydrogens (tertiary/aromatic N) is 1. The van der Waals surface area contributed by atoms with Gasteiger partial charge in [0.2, 0.25) is 0 Å². The molecule has 102 valence electrons. The quantitative estimate of drug-likeness (QED) is 0.719. The molecule has 0 saturated carbocycles. The Kier molecular flexibility index (Phi) is 3.32. The van der Waals surface area contributed by atoms with E-state index in [1.807, 2.05) is 12.1 Å². The molecule has 0 aliphatic heterocycles. The Morgan fingerprint density at radius 3 is 2.25 bits per heavy atom. The molecule has 0 radical (unpaired) electrons. The maximum atomic E-state index is 5.38. The van der Waals surface area contributed by atoms with Gasteiger partial charge in [0.05, 0.1) is 24.6 Å². The van der Waals surface area contributed by atoms with Crippen LogP contribution in [0.5, 0.6) is 11.5 Å². The Hall–Kier alpha value is -2.07. The van der Waals surface area contributed by atoms with Crippen molar-refractivity contribution in [2.75, 3.05) is 14.2 Å². The zero-order valence-corrected chi connectivity index (χ0v) is 12.5. The lowest BCUT2D eigenvalue weighted by molar-refractivity contribution is 0.356. The Bertz CT molecular complexity index is 747. The maximum Gasteiger partial charge on any atom is 0.162 e. The van der Waals surface area contributed by atoms with Crippen molar-refractivity contribution in [3.63, 3.8) is 0 Å². The molecule has 1 aromatic heterocycles. The zero-order chi connectivity index (χ0) is 14.1. The van der Waals surface area contributed by atoms with Crippen molar-refractivity contribution in [3.05, 3.63) is 42.0 Å². The van der Waals surface area contributed by atoms with E-state index in [0.29, 0.717) is 0 Å². The van der Waals surface area contributed by atoms with E-state index in [4.69, 9.17) is 9.47 Å². The minimum Gasteiger partial charge on any atom is -0.493 e. The van der Waals surface area contributed by atoms with Crippen LogP contribution in [0.1, 0.15) is 5.56 Å². The number of ether oxygens (including phenoxy) is 2. The summed E-state index contributed by atoms with van der Waals surface area (Å²) in [6, 6.07) is 12.4. The molecule has 0 aliphatic rings. The lowest BCUT2D eigenvalue weighted by Gasteiger charge is -2.07. The Morgan fingerprint density at radius 1 is 0.950 bits per heavy atom. The van der Waals surface area contributed by atoms with Crippen molar-refractivity contribution >= 4 is 21.6 Å². The van der Waals surface area contributed by atoms with Gasteiger partial charge in [0.15, 0.2) is 11.5 Å². The molecule has 0 saturated heterocycles. The molecule has 0 amide bonds.